The van der Waals surface area contributed by atoms with Gasteiger partial charge in [-0.15, -0.1) is 0 Å². The molecule has 1 aliphatic carbocycles. The fraction of sp³-hybridized carbons (Fsp3) is 0.500. The zero-order chi connectivity index (χ0) is 10.8. The quantitative estimate of drug-likeness (QED) is 0.830. The number of rotatable bonds is 4. The van der Waals surface area contributed by atoms with Gasteiger partial charge in [0.25, 0.3) is 0 Å². The van der Waals surface area contributed by atoms with Gasteiger partial charge in [-0.25, -0.2) is 4.39 Å². The Morgan fingerprint density at radius 2 is 2.27 bits per heavy atom. The maximum atomic E-state index is 13.1. The second-order valence-corrected chi connectivity index (χ2v) is 4.59. The third-order valence-corrected chi connectivity index (χ3v) is 3.29. The highest BCUT2D eigenvalue weighted by molar-refractivity contribution is 6.31. The molecule has 1 nitrogen and oxygen atoms in total. The van der Waals surface area contributed by atoms with Crippen LogP contribution in [0.3, 0.4) is 0 Å². The van der Waals surface area contributed by atoms with Crippen molar-refractivity contribution in [3.05, 3.63) is 34.6 Å². The highest BCUT2D eigenvalue weighted by atomic mass is 35.5. The number of hydrogen-bond acceptors (Lipinski definition) is 1. The lowest BCUT2D eigenvalue weighted by atomic mass is 10.0. The average Bonchev–Trinajstić information content (AvgIpc) is 3.02. The molecular weight excluding hydrogens is 213 g/mol. The molecular formula is C12H15ClFN. The van der Waals surface area contributed by atoms with Gasteiger partial charge in [0.2, 0.25) is 0 Å². The van der Waals surface area contributed by atoms with E-state index in [2.05, 4.69) is 5.32 Å². The van der Waals surface area contributed by atoms with Gasteiger partial charge in [0.05, 0.1) is 0 Å². The molecule has 1 aliphatic rings. The summed E-state index contributed by atoms with van der Waals surface area (Å²) < 4.78 is 13.1. The van der Waals surface area contributed by atoms with E-state index in [0.717, 1.165) is 17.9 Å². The summed E-state index contributed by atoms with van der Waals surface area (Å²) in [7, 11) is 1.90. The molecule has 0 bridgehead atoms. The Labute approximate surface area is 94.6 Å². The highest BCUT2D eigenvalue weighted by Gasteiger charge is 2.26. The maximum absolute atomic E-state index is 13.1. The van der Waals surface area contributed by atoms with Crippen LogP contribution in [-0.2, 0) is 0 Å². The van der Waals surface area contributed by atoms with Gasteiger partial charge >= 0.3 is 0 Å². The first kappa shape index (κ1) is 10.9. The number of benzene rings is 1. The Morgan fingerprint density at radius 1 is 1.53 bits per heavy atom. The van der Waals surface area contributed by atoms with Crippen LogP contribution in [0.25, 0.3) is 0 Å². The molecule has 0 heterocycles. The lowest BCUT2D eigenvalue weighted by Crippen LogP contribution is -2.17. The fourth-order valence-electron chi connectivity index (χ4n) is 1.87. The second kappa shape index (κ2) is 4.50. The van der Waals surface area contributed by atoms with E-state index in [1.54, 1.807) is 6.07 Å². The van der Waals surface area contributed by atoms with Gasteiger partial charge in [-0.3, -0.25) is 0 Å². The van der Waals surface area contributed by atoms with Crippen molar-refractivity contribution >= 4 is 11.6 Å². The monoisotopic (exact) mass is 227 g/mol. The molecule has 0 amide bonds. The van der Waals surface area contributed by atoms with Crippen LogP contribution in [-0.4, -0.2) is 7.05 Å². The number of hydrogen-bond donors (Lipinski definition) is 1. The summed E-state index contributed by atoms with van der Waals surface area (Å²) in [5.41, 5.74) is 0.881. The Bertz CT molecular complexity index is 349. The molecule has 82 valence electrons. The molecule has 0 aromatic heterocycles. The lowest BCUT2D eigenvalue weighted by Gasteiger charge is -2.17. The van der Waals surface area contributed by atoms with Gasteiger partial charge in [0, 0.05) is 11.1 Å². The Hall–Kier alpha value is -0.600. The first-order chi connectivity index (χ1) is 7.20. The van der Waals surface area contributed by atoms with Gasteiger partial charge in [-0.2, -0.15) is 0 Å². The van der Waals surface area contributed by atoms with E-state index in [9.17, 15) is 4.39 Å². The summed E-state index contributed by atoms with van der Waals surface area (Å²) in [5, 5.41) is 3.86. The van der Waals surface area contributed by atoms with Crippen molar-refractivity contribution in [1.82, 2.24) is 5.32 Å². The van der Waals surface area contributed by atoms with Crippen LogP contribution in [0, 0.1) is 11.7 Å². The molecule has 1 unspecified atom stereocenters. The van der Waals surface area contributed by atoms with Crippen molar-refractivity contribution in [3.63, 3.8) is 0 Å². The van der Waals surface area contributed by atoms with Crippen molar-refractivity contribution in [2.45, 2.75) is 25.3 Å². The molecule has 1 atom stereocenters. The van der Waals surface area contributed by atoms with E-state index < -0.39 is 0 Å². The molecule has 1 aromatic carbocycles. The molecule has 0 radical (unpaired) electrons. The summed E-state index contributed by atoms with van der Waals surface area (Å²) in [5.74, 6) is 0.576. The van der Waals surface area contributed by atoms with E-state index >= 15 is 0 Å². The van der Waals surface area contributed by atoms with Crippen molar-refractivity contribution in [2.24, 2.45) is 5.92 Å². The van der Waals surface area contributed by atoms with Crippen molar-refractivity contribution in [3.8, 4) is 0 Å². The molecule has 0 aliphatic heterocycles. The summed E-state index contributed by atoms with van der Waals surface area (Å²) in [6.45, 7) is 0. The first-order valence-electron chi connectivity index (χ1n) is 5.33. The molecule has 0 spiro atoms. The fourth-order valence-corrected chi connectivity index (χ4v) is 2.12. The summed E-state index contributed by atoms with van der Waals surface area (Å²) in [6, 6.07) is 4.74. The van der Waals surface area contributed by atoms with E-state index in [4.69, 9.17) is 11.6 Å². The van der Waals surface area contributed by atoms with Gasteiger partial charge in [-0.05, 0) is 43.1 Å². The molecule has 1 aromatic rings. The maximum Gasteiger partial charge on any atom is 0.123 e. The van der Waals surface area contributed by atoms with Crippen LogP contribution in [0.1, 0.15) is 30.9 Å². The van der Waals surface area contributed by atoms with Crippen LogP contribution in [0.4, 0.5) is 4.39 Å². The smallest absolute Gasteiger partial charge is 0.123 e. The van der Waals surface area contributed by atoms with E-state index in [-0.39, 0.29) is 11.9 Å². The van der Waals surface area contributed by atoms with E-state index in [0.29, 0.717) is 5.02 Å². The summed E-state index contributed by atoms with van der Waals surface area (Å²) >= 11 is 6.07. The van der Waals surface area contributed by atoms with E-state index in [1.165, 1.54) is 25.0 Å². The zero-order valence-electron chi connectivity index (χ0n) is 8.76. The third kappa shape index (κ3) is 2.70. The minimum atomic E-state index is -0.217. The Balaban J connectivity index is 2.19. The standard InChI is InChI=1S/C12H15ClFN/c1-15-12(6-8-2-3-8)10-7-9(14)4-5-11(10)13/h4-5,7-8,12,15H,2-3,6H2,1H3. The molecule has 3 heteroatoms. The molecule has 15 heavy (non-hydrogen) atoms. The Kier molecular flexibility index (Phi) is 3.27. The first-order valence-corrected chi connectivity index (χ1v) is 5.70. The van der Waals surface area contributed by atoms with Crippen LogP contribution >= 0.6 is 11.6 Å². The number of halogens is 2. The summed E-state index contributed by atoms with van der Waals surface area (Å²) in [6.07, 6.45) is 3.65. The molecule has 0 saturated heterocycles. The molecule has 1 N–H and O–H groups in total. The van der Waals surface area contributed by atoms with E-state index in [1.807, 2.05) is 7.05 Å². The molecule has 1 fully saturated rings. The number of nitrogens with one attached hydrogen (secondary N) is 1. The summed E-state index contributed by atoms with van der Waals surface area (Å²) in [4.78, 5) is 0. The zero-order valence-corrected chi connectivity index (χ0v) is 9.52. The topological polar surface area (TPSA) is 12.0 Å². The SMILES string of the molecule is CNC(CC1CC1)c1cc(F)ccc1Cl. The predicted octanol–water partition coefficient (Wildman–Crippen LogP) is 3.54. The normalized spacial score (nSPS) is 17.8. The molecule has 2 rings (SSSR count). The highest BCUT2D eigenvalue weighted by Crippen LogP contribution is 2.39. The van der Waals surface area contributed by atoms with Gasteiger partial charge in [0.15, 0.2) is 0 Å². The molecule has 1 saturated carbocycles. The largest absolute Gasteiger partial charge is 0.313 e. The van der Waals surface area contributed by atoms with Gasteiger partial charge < -0.3 is 5.32 Å². The minimum Gasteiger partial charge on any atom is -0.313 e. The van der Waals surface area contributed by atoms with Crippen molar-refractivity contribution < 1.29 is 4.39 Å². The van der Waals surface area contributed by atoms with Crippen LogP contribution in [0.5, 0.6) is 0 Å². The van der Waals surface area contributed by atoms with Crippen LogP contribution in [0.15, 0.2) is 18.2 Å². The van der Waals surface area contributed by atoms with Crippen LogP contribution in [0.2, 0.25) is 5.02 Å². The predicted molar refractivity (Wildman–Crippen MR) is 60.6 cm³/mol. The minimum absolute atomic E-state index is 0.181. The second-order valence-electron chi connectivity index (χ2n) is 4.19. The lowest BCUT2D eigenvalue weighted by molar-refractivity contribution is 0.510. The average molecular weight is 228 g/mol. The van der Waals surface area contributed by atoms with Crippen molar-refractivity contribution in [2.75, 3.05) is 7.05 Å². The van der Waals surface area contributed by atoms with Crippen molar-refractivity contribution in [1.29, 1.82) is 0 Å². The van der Waals surface area contributed by atoms with Crippen LogP contribution < -0.4 is 5.32 Å². The Morgan fingerprint density at radius 3 is 2.87 bits per heavy atom. The van der Waals surface area contributed by atoms with Gasteiger partial charge in [0.1, 0.15) is 5.82 Å². The third-order valence-electron chi connectivity index (χ3n) is 2.95. The van der Waals surface area contributed by atoms with Gasteiger partial charge in [-0.1, -0.05) is 24.4 Å².